The van der Waals surface area contributed by atoms with Crippen molar-refractivity contribution in [2.75, 3.05) is 18.5 Å². The Morgan fingerprint density at radius 3 is 2.67 bits per heavy atom. The Bertz CT molecular complexity index is 652. The van der Waals surface area contributed by atoms with Gasteiger partial charge in [0.25, 0.3) is 5.91 Å². The first-order valence-electron chi connectivity index (χ1n) is 6.61. The summed E-state index contributed by atoms with van der Waals surface area (Å²) in [6.45, 7) is 2.60. The van der Waals surface area contributed by atoms with Crippen LogP contribution in [0.4, 0.5) is 5.69 Å². The van der Waals surface area contributed by atoms with Crippen molar-refractivity contribution in [1.29, 1.82) is 0 Å². The standard InChI is InChI=1S/C15H15NO4S/c1-9(17)10-7-12-13(20-5-4-19-12)8-11(10)16-15(18)14-3-2-6-21-14/h2-3,6-9,17H,4-5H2,1H3,(H,16,18)/t9-/m1/s1. The van der Waals surface area contributed by atoms with Gasteiger partial charge in [0.1, 0.15) is 13.2 Å². The molecule has 2 heterocycles. The predicted octanol–water partition coefficient (Wildman–Crippen LogP) is 2.82. The molecule has 0 saturated carbocycles. The van der Waals surface area contributed by atoms with E-state index in [0.29, 0.717) is 40.8 Å². The zero-order valence-electron chi connectivity index (χ0n) is 11.5. The van der Waals surface area contributed by atoms with E-state index < -0.39 is 6.10 Å². The molecular weight excluding hydrogens is 290 g/mol. The molecule has 1 atom stereocenters. The summed E-state index contributed by atoms with van der Waals surface area (Å²) < 4.78 is 11.0. The van der Waals surface area contributed by atoms with Gasteiger partial charge in [0.05, 0.1) is 16.7 Å². The summed E-state index contributed by atoms with van der Waals surface area (Å²) >= 11 is 1.36. The van der Waals surface area contributed by atoms with Gasteiger partial charge in [0.2, 0.25) is 0 Å². The number of thiophene rings is 1. The molecule has 2 N–H and O–H groups in total. The van der Waals surface area contributed by atoms with E-state index in [1.165, 1.54) is 11.3 Å². The van der Waals surface area contributed by atoms with Crippen molar-refractivity contribution in [1.82, 2.24) is 0 Å². The van der Waals surface area contributed by atoms with Crippen LogP contribution in [0.1, 0.15) is 28.3 Å². The van der Waals surface area contributed by atoms with Crippen LogP contribution in [0.5, 0.6) is 11.5 Å². The maximum absolute atomic E-state index is 12.2. The van der Waals surface area contributed by atoms with Crippen LogP contribution in [0.2, 0.25) is 0 Å². The van der Waals surface area contributed by atoms with Crippen molar-refractivity contribution in [2.24, 2.45) is 0 Å². The Morgan fingerprint density at radius 1 is 1.33 bits per heavy atom. The lowest BCUT2D eigenvalue weighted by Crippen LogP contribution is -2.18. The maximum Gasteiger partial charge on any atom is 0.265 e. The highest BCUT2D eigenvalue weighted by Gasteiger charge is 2.20. The van der Waals surface area contributed by atoms with Crippen LogP contribution in [-0.2, 0) is 0 Å². The van der Waals surface area contributed by atoms with Crippen molar-refractivity contribution in [2.45, 2.75) is 13.0 Å². The number of nitrogens with one attached hydrogen (secondary N) is 1. The zero-order chi connectivity index (χ0) is 14.8. The van der Waals surface area contributed by atoms with E-state index in [4.69, 9.17) is 9.47 Å². The van der Waals surface area contributed by atoms with Gasteiger partial charge in [0, 0.05) is 11.6 Å². The fraction of sp³-hybridized carbons (Fsp3) is 0.267. The van der Waals surface area contributed by atoms with E-state index in [-0.39, 0.29) is 5.91 Å². The summed E-state index contributed by atoms with van der Waals surface area (Å²) in [4.78, 5) is 12.8. The van der Waals surface area contributed by atoms with Crippen molar-refractivity contribution in [3.05, 3.63) is 40.1 Å². The van der Waals surface area contributed by atoms with Gasteiger partial charge in [-0.2, -0.15) is 0 Å². The molecule has 0 unspecified atom stereocenters. The Labute approximate surface area is 126 Å². The van der Waals surface area contributed by atoms with Crippen LogP contribution < -0.4 is 14.8 Å². The van der Waals surface area contributed by atoms with Crippen molar-refractivity contribution < 1.29 is 19.4 Å². The van der Waals surface area contributed by atoms with Gasteiger partial charge >= 0.3 is 0 Å². The molecule has 2 aromatic rings. The number of carbonyl (C=O) groups excluding carboxylic acids is 1. The van der Waals surface area contributed by atoms with Gasteiger partial charge in [-0.1, -0.05) is 6.07 Å². The number of aliphatic hydroxyl groups excluding tert-OH is 1. The first-order valence-corrected chi connectivity index (χ1v) is 7.49. The number of rotatable bonds is 3. The van der Waals surface area contributed by atoms with E-state index in [1.807, 2.05) is 11.4 Å². The normalized spacial score (nSPS) is 14.6. The molecule has 1 amide bonds. The van der Waals surface area contributed by atoms with Crippen LogP contribution in [0.3, 0.4) is 0 Å². The summed E-state index contributed by atoms with van der Waals surface area (Å²) in [5.74, 6) is 0.960. The molecule has 110 valence electrons. The zero-order valence-corrected chi connectivity index (χ0v) is 12.3. The first-order chi connectivity index (χ1) is 10.1. The molecule has 0 spiro atoms. The number of amides is 1. The lowest BCUT2D eigenvalue weighted by Gasteiger charge is -2.22. The predicted molar refractivity (Wildman–Crippen MR) is 80.3 cm³/mol. The second kappa shape index (κ2) is 5.75. The quantitative estimate of drug-likeness (QED) is 0.915. The average Bonchev–Trinajstić information content (AvgIpc) is 3.00. The number of hydrogen-bond donors (Lipinski definition) is 2. The summed E-state index contributed by atoms with van der Waals surface area (Å²) in [7, 11) is 0. The summed E-state index contributed by atoms with van der Waals surface area (Å²) in [5.41, 5.74) is 1.14. The van der Waals surface area contributed by atoms with Crippen LogP contribution in [0.25, 0.3) is 0 Å². The van der Waals surface area contributed by atoms with E-state index >= 15 is 0 Å². The lowest BCUT2D eigenvalue weighted by molar-refractivity contribution is 0.103. The minimum atomic E-state index is -0.723. The molecule has 1 aliphatic rings. The number of carbonyl (C=O) groups is 1. The molecule has 1 aromatic heterocycles. The molecule has 1 aromatic carbocycles. The van der Waals surface area contributed by atoms with Crippen molar-refractivity contribution in [3.63, 3.8) is 0 Å². The topological polar surface area (TPSA) is 67.8 Å². The Kier molecular flexibility index (Phi) is 3.81. The molecule has 6 heteroatoms. The molecule has 5 nitrogen and oxygen atoms in total. The summed E-state index contributed by atoms with van der Waals surface area (Å²) in [6.07, 6.45) is -0.723. The molecule has 3 rings (SSSR count). The fourth-order valence-electron chi connectivity index (χ4n) is 2.15. The first kappa shape index (κ1) is 13.9. The number of hydrogen-bond acceptors (Lipinski definition) is 5. The highest BCUT2D eigenvalue weighted by atomic mass is 32.1. The van der Waals surface area contributed by atoms with Gasteiger partial charge < -0.3 is 19.9 Å². The van der Waals surface area contributed by atoms with Crippen LogP contribution >= 0.6 is 11.3 Å². The molecule has 0 fully saturated rings. The Morgan fingerprint density at radius 2 is 2.05 bits per heavy atom. The second-order valence-corrected chi connectivity index (χ2v) is 5.64. The van der Waals surface area contributed by atoms with Crippen LogP contribution in [0, 0.1) is 0 Å². The van der Waals surface area contributed by atoms with Crippen LogP contribution in [-0.4, -0.2) is 24.2 Å². The molecule has 0 aliphatic carbocycles. The number of ether oxygens (including phenoxy) is 2. The van der Waals surface area contributed by atoms with Crippen molar-refractivity contribution >= 4 is 22.9 Å². The van der Waals surface area contributed by atoms with Gasteiger partial charge in [-0.3, -0.25) is 4.79 Å². The number of benzene rings is 1. The van der Waals surface area contributed by atoms with E-state index in [2.05, 4.69) is 5.32 Å². The molecular formula is C15H15NO4S. The number of anilines is 1. The summed E-state index contributed by atoms with van der Waals surface area (Å²) in [5, 5.41) is 14.6. The molecule has 0 bridgehead atoms. The average molecular weight is 305 g/mol. The third-order valence-electron chi connectivity index (χ3n) is 3.16. The van der Waals surface area contributed by atoms with Gasteiger partial charge in [0.15, 0.2) is 11.5 Å². The monoisotopic (exact) mass is 305 g/mol. The fourth-order valence-corrected chi connectivity index (χ4v) is 2.77. The largest absolute Gasteiger partial charge is 0.486 e. The summed E-state index contributed by atoms with van der Waals surface area (Å²) in [6, 6.07) is 6.98. The Balaban J connectivity index is 1.94. The SMILES string of the molecule is C[C@@H](O)c1cc2c(cc1NC(=O)c1cccs1)OCCO2. The van der Waals surface area contributed by atoms with Crippen molar-refractivity contribution in [3.8, 4) is 11.5 Å². The molecule has 21 heavy (non-hydrogen) atoms. The van der Waals surface area contributed by atoms with Gasteiger partial charge in [-0.05, 0) is 24.4 Å². The Hall–Kier alpha value is -2.05. The number of aliphatic hydroxyl groups is 1. The van der Waals surface area contributed by atoms with E-state index in [0.717, 1.165) is 0 Å². The lowest BCUT2D eigenvalue weighted by atomic mass is 10.1. The highest BCUT2D eigenvalue weighted by Crippen LogP contribution is 2.38. The second-order valence-electron chi connectivity index (χ2n) is 4.69. The van der Waals surface area contributed by atoms with Gasteiger partial charge in [-0.25, -0.2) is 0 Å². The van der Waals surface area contributed by atoms with E-state index in [1.54, 1.807) is 25.1 Å². The minimum Gasteiger partial charge on any atom is -0.486 e. The highest BCUT2D eigenvalue weighted by molar-refractivity contribution is 7.12. The third-order valence-corrected chi connectivity index (χ3v) is 4.03. The van der Waals surface area contributed by atoms with Crippen LogP contribution in [0.15, 0.2) is 29.6 Å². The van der Waals surface area contributed by atoms with E-state index in [9.17, 15) is 9.90 Å². The maximum atomic E-state index is 12.2. The van der Waals surface area contributed by atoms with Gasteiger partial charge in [-0.15, -0.1) is 11.3 Å². The minimum absolute atomic E-state index is 0.205. The molecule has 0 radical (unpaired) electrons. The molecule has 1 aliphatic heterocycles. The third kappa shape index (κ3) is 2.86. The molecule has 0 saturated heterocycles. The smallest absolute Gasteiger partial charge is 0.265 e. The number of fused-ring (bicyclic) bond motifs is 1.